The average molecular weight is 599 g/mol. The van der Waals surface area contributed by atoms with E-state index in [-0.39, 0.29) is 48.5 Å². The number of rotatable bonds is 8. The highest BCUT2D eigenvalue weighted by Crippen LogP contribution is 2.30. The highest BCUT2D eigenvalue weighted by molar-refractivity contribution is 7.92. The number of ether oxygens (including phenoxy) is 1. The maximum Gasteiger partial charge on any atom is 0.321 e. The fourth-order valence-electron chi connectivity index (χ4n) is 4.63. The Hall–Kier alpha value is -4.16. The standard InChI is InChI=1S/C30H35FN4O6S/c1-20-17-35(21(2)19-36)29(37)16-22-15-25(33-42(39,40)26-7-5-4-6-8-26)13-14-27(22)41-28(20)18-34(3)30(38)32-24-11-9-23(31)10-12-24/h4-15,20-21,28,33,36H,16-19H2,1-3H3,(H,32,38)/t20-,21+,28-/m1/s1. The van der Waals surface area contributed by atoms with Gasteiger partial charge in [-0.25, -0.2) is 17.6 Å². The van der Waals surface area contributed by atoms with E-state index in [0.717, 1.165) is 0 Å². The largest absolute Gasteiger partial charge is 0.488 e. The third kappa shape index (κ3) is 7.56. The zero-order valence-electron chi connectivity index (χ0n) is 23.7. The molecule has 3 aromatic rings. The summed E-state index contributed by atoms with van der Waals surface area (Å²) < 4.78 is 48.1. The number of fused-ring (bicyclic) bond motifs is 1. The number of carbonyl (C=O) groups is 2. The third-order valence-corrected chi connectivity index (χ3v) is 8.52. The topological polar surface area (TPSA) is 128 Å². The van der Waals surface area contributed by atoms with Crippen molar-refractivity contribution in [3.05, 3.63) is 84.2 Å². The van der Waals surface area contributed by atoms with Crippen LogP contribution in [0.3, 0.4) is 0 Å². The molecule has 0 saturated carbocycles. The van der Waals surface area contributed by atoms with Crippen molar-refractivity contribution < 1.29 is 32.2 Å². The van der Waals surface area contributed by atoms with Gasteiger partial charge < -0.3 is 25.0 Å². The highest BCUT2D eigenvalue weighted by atomic mass is 32.2. The molecule has 1 aliphatic heterocycles. The molecule has 42 heavy (non-hydrogen) atoms. The summed E-state index contributed by atoms with van der Waals surface area (Å²) in [6.07, 6.45) is -0.653. The van der Waals surface area contributed by atoms with Crippen LogP contribution in [-0.2, 0) is 21.2 Å². The molecule has 224 valence electrons. The van der Waals surface area contributed by atoms with E-state index < -0.39 is 34.0 Å². The summed E-state index contributed by atoms with van der Waals surface area (Å²) >= 11 is 0. The van der Waals surface area contributed by atoms with Crippen LogP contribution in [0, 0.1) is 11.7 Å². The summed E-state index contributed by atoms with van der Waals surface area (Å²) in [4.78, 5) is 29.5. The summed E-state index contributed by atoms with van der Waals surface area (Å²) in [5.41, 5.74) is 1.15. The van der Waals surface area contributed by atoms with Gasteiger partial charge in [0.2, 0.25) is 5.91 Å². The van der Waals surface area contributed by atoms with Crippen molar-refractivity contribution in [2.24, 2.45) is 5.92 Å². The molecule has 12 heteroatoms. The van der Waals surface area contributed by atoms with Crippen LogP contribution in [0.15, 0.2) is 77.7 Å². The zero-order valence-corrected chi connectivity index (χ0v) is 24.5. The molecule has 3 aromatic carbocycles. The average Bonchev–Trinajstić information content (AvgIpc) is 3.01. The van der Waals surface area contributed by atoms with Gasteiger partial charge in [-0.2, -0.15) is 0 Å². The number of amides is 3. The maximum atomic E-state index is 13.4. The monoisotopic (exact) mass is 598 g/mol. The molecular formula is C30H35FN4O6S. The first-order chi connectivity index (χ1) is 20.0. The lowest BCUT2D eigenvalue weighted by atomic mass is 10.0. The van der Waals surface area contributed by atoms with Gasteiger partial charge in [0, 0.05) is 36.4 Å². The van der Waals surface area contributed by atoms with Gasteiger partial charge >= 0.3 is 6.03 Å². The fourth-order valence-corrected chi connectivity index (χ4v) is 5.70. The van der Waals surface area contributed by atoms with Crippen molar-refractivity contribution in [2.45, 2.75) is 37.3 Å². The normalized spacial score (nSPS) is 18.0. The number of anilines is 2. The number of sulfonamides is 1. The molecule has 0 bridgehead atoms. The maximum absolute atomic E-state index is 13.4. The molecule has 0 aromatic heterocycles. The first-order valence-electron chi connectivity index (χ1n) is 13.5. The molecule has 3 atom stereocenters. The second-order valence-corrected chi connectivity index (χ2v) is 12.1. The van der Waals surface area contributed by atoms with Gasteiger partial charge in [0.1, 0.15) is 17.7 Å². The molecule has 10 nitrogen and oxygen atoms in total. The second-order valence-electron chi connectivity index (χ2n) is 10.4. The van der Waals surface area contributed by atoms with Crippen molar-refractivity contribution in [3.63, 3.8) is 0 Å². The Morgan fingerprint density at radius 3 is 2.45 bits per heavy atom. The summed E-state index contributed by atoms with van der Waals surface area (Å²) in [5.74, 6) is -0.542. The Morgan fingerprint density at radius 1 is 1.12 bits per heavy atom. The van der Waals surface area contributed by atoms with E-state index in [9.17, 15) is 27.5 Å². The Kier molecular flexibility index (Phi) is 9.69. The van der Waals surface area contributed by atoms with Crippen molar-refractivity contribution in [2.75, 3.05) is 36.8 Å². The number of aliphatic hydroxyl groups is 1. The van der Waals surface area contributed by atoms with E-state index in [4.69, 9.17) is 4.74 Å². The number of nitrogens with zero attached hydrogens (tertiary/aromatic N) is 2. The molecule has 0 spiro atoms. The van der Waals surface area contributed by atoms with Gasteiger partial charge in [0.05, 0.1) is 30.5 Å². The Labute approximate surface area is 245 Å². The van der Waals surface area contributed by atoms with E-state index in [0.29, 0.717) is 17.0 Å². The highest BCUT2D eigenvalue weighted by Gasteiger charge is 2.32. The van der Waals surface area contributed by atoms with Crippen molar-refractivity contribution >= 4 is 33.3 Å². The lowest BCUT2D eigenvalue weighted by molar-refractivity contribution is -0.134. The number of aliphatic hydroxyl groups excluding tert-OH is 1. The smallest absolute Gasteiger partial charge is 0.321 e. The van der Waals surface area contributed by atoms with Gasteiger partial charge in [0.15, 0.2) is 0 Å². The van der Waals surface area contributed by atoms with E-state index in [1.165, 1.54) is 41.3 Å². The number of nitrogens with one attached hydrogen (secondary N) is 2. The number of carbonyl (C=O) groups excluding carboxylic acids is 2. The van der Waals surface area contributed by atoms with E-state index in [1.54, 1.807) is 55.3 Å². The van der Waals surface area contributed by atoms with Crippen LogP contribution >= 0.6 is 0 Å². The molecule has 0 unspecified atom stereocenters. The summed E-state index contributed by atoms with van der Waals surface area (Å²) in [5, 5.41) is 12.6. The SMILES string of the molecule is C[C@@H]1CN([C@@H](C)CO)C(=O)Cc2cc(NS(=O)(=O)c3ccccc3)ccc2O[C@@H]1CN(C)C(=O)Nc1ccc(F)cc1. The minimum absolute atomic E-state index is 0.0824. The molecule has 0 saturated heterocycles. The molecular weight excluding hydrogens is 563 g/mol. The van der Waals surface area contributed by atoms with Crippen LogP contribution in [0.2, 0.25) is 0 Å². The Balaban J connectivity index is 1.61. The van der Waals surface area contributed by atoms with Crippen molar-refractivity contribution in [1.82, 2.24) is 9.80 Å². The number of halogens is 1. The van der Waals surface area contributed by atoms with Gasteiger partial charge in [-0.05, 0) is 61.5 Å². The van der Waals surface area contributed by atoms with Crippen LogP contribution in [0.1, 0.15) is 19.4 Å². The molecule has 1 heterocycles. The van der Waals surface area contributed by atoms with Crippen molar-refractivity contribution in [1.29, 1.82) is 0 Å². The van der Waals surface area contributed by atoms with E-state index in [2.05, 4.69) is 10.0 Å². The number of benzene rings is 3. The first kappa shape index (κ1) is 30.8. The molecule has 3 N–H and O–H groups in total. The number of likely N-dealkylation sites (N-methyl/N-ethyl adjacent to an activating group) is 1. The molecule has 0 radical (unpaired) electrons. The third-order valence-electron chi connectivity index (χ3n) is 7.12. The predicted molar refractivity (Wildman–Crippen MR) is 157 cm³/mol. The van der Waals surface area contributed by atoms with Crippen LogP contribution in [-0.4, -0.2) is 74.2 Å². The number of urea groups is 1. The molecule has 0 aliphatic carbocycles. The van der Waals surface area contributed by atoms with Crippen LogP contribution in [0.25, 0.3) is 0 Å². The predicted octanol–water partition coefficient (Wildman–Crippen LogP) is 3.94. The minimum Gasteiger partial charge on any atom is -0.488 e. The van der Waals surface area contributed by atoms with Crippen LogP contribution < -0.4 is 14.8 Å². The fraction of sp³-hybridized carbons (Fsp3) is 0.333. The number of hydrogen-bond acceptors (Lipinski definition) is 6. The lowest BCUT2D eigenvalue weighted by Gasteiger charge is -2.34. The first-order valence-corrected chi connectivity index (χ1v) is 15.0. The molecule has 4 rings (SSSR count). The lowest BCUT2D eigenvalue weighted by Crippen LogP contribution is -2.48. The van der Waals surface area contributed by atoms with Gasteiger partial charge in [-0.15, -0.1) is 0 Å². The second kappa shape index (κ2) is 13.2. The summed E-state index contributed by atoms with van der Waals surface area (Å²) in [7, 11) is -2.27. The molecule has 3 amide bonds. The van der Waals surface area contributed by atoms with Gasteiger partial charge in [-0.1, -0.05) is 25.1 Å². The van der Waals surface area contributed by atoms with E-state index >= 15 is 0 Å². The van der Waals surface area contributed by atoms with Gasteiger partial charge in [-0.3, -0.25) is 9.52 Å². The Morgan fingerprint density at radius 2 is 1.79 bits per heavy atom. The van der Waals surface area contributed by atoms with Gasteiger partial charge in [0.25, 0.3) is 10.0 Å². The molecule has 0 fully saturated rings. The zero-order chi connectivity index (χ0) is 30.4. The Bertz CT molecular complexity index is 1500. The van der Waals surface area contributed by atoms with E-state index in [1.807, 2.05) is 6.92 Å². The summed E-state index contributed by atoms with van der Waals surface area (Å²) in [6.45, 7) is 3.81. The van der Waals surface area contributed by atoms with Crippen LogP contribution in [0.4, 0.5) is 20.6 Å². The minimum atomic E-state index is -3.87. The van der Waals surface area contributed by atoms with Crippen molar-refractivity contribution in [3.8, 4) is 5.75 Å². The quantitative estimate of drug-likeness (QED) is 0.361. The molecule has 1 aliphatic rings. The summed E-state index contributed by atoms with van der Waals surface area (Å²) in [6, 6.07) is 17.2. The van der Waals surface area contributed by atoms with Crippen LogP contribution in [0.5, 0.6) is 5.75 Å². The number of hydrogen-bond donors (Lipinski definition) is 3.